The Labute approximate surface area is 174 Å². The maximum Gasteiger partial charge on any atom is 0.258 e. The fraction of sp³-hybridized carbons (Fsp3) is 0.731. The second kappa shape index (κ2) is 5.46. The first-order valence-electron chi connectivity index (χ1n) is 12.2. The van der Waals surface area contributed by atoms with Crippen molar-refractivity contribution in [3.05, 3.63) is 35.5 Å². The minimum atomic E-state index is -0.360. The highest BCUT2D eigenvalue weighted by atomic mass is 16.2. The van der Waals surface area contributed by atoms with E-state index in [0.717, 1.165) is 35.6 Å². The van der Waals surface area contributed by atoms with E-state index in [1.807, 2.05) is 0 Å². The molecule has 0 aromatic carbocycles. The number of fused-ring (bicyclic) bond motifs is 3. The van der Waals surface area contributed by atoms with Crippen LogP contribution in [0.25, 0.3) is 0 Å². The van der Waals surface area contributed by atoms with Crippen molar-refractivity contribution in [2.75, 3.05) is 6.54 Å². The summed E-state index contributed by atoms with van der Waals surface area (Å²) in [6.45, 7) is 5.19. The van der Waals surface area contributed by atoms with Gasteiger partial charge >= 0.3 is 0 Å². The van der Waals surface area contributed by atoms with E-state index < -0.39 is 0 Å². The zero-order valence-corrected chi connectivity index (χ0v) is 17.9. The third-order valence-electron chi connectivity index (χ3n) is 10.4. The first-order chi connectivity index (χ1) is 14.0. The number of amides is 1. The van der Waals surface area contributed by atoms with E-state index in [1.165, 1.54) is 56.9 Å². The number of carbonyl (C=O) groups is 1. The molecule has 0 radical (unpaired) electrons. The largest absolute Gasteiger partial charge is 0.271 e. The lowest BCUT2D eigenvalue weighted by molar-refractivity contribution is -0.234. The molecule has 5 unspecified atom stereocenters. The van der Waals surface area contributed by atoms with E-state index in [9.17, 15) is 4.79 Å². The highest BCUT2D eigenvalue weighted by molar-refractivity contribution is 5.90. The molecule has 5 fully saturated rings. The quantitative estimate of drug-likeness (QED) is 0.686. The summed E-state index contributed by atoms with van der Waals surface area (Å²) < 4.78 is 0. The lowest BCUT2D eigenvalue weighted by Gasteiger charge is -2.61. The predicted octanol–water partition coefficient (Wildman–Crippen LogP) is 4.87. The number of allylic oxidation sites excluding steroid dienone is 4. The van der Waals surface area contributed by atoms with E-state index in [1.54, 1.807) is 5.57 Å². The molecule has 1 aliphatic heterocycles. The van der Waals surface area contributed by atoms with Crippen molar-refractivity contribution < 1.29 is 4.79 Å². The van der Waals surface area contributed by atoms with Gasteiger partial charge in [0.15, 0.2) is 0 Å². The molecule has 0 N–H and O–H groups in total. The zero-order chi connectivity index (χ0) is 19.5. The van der Waals surface area contributed by atoms with E-state index in [0.29, 0.717) is 17.9 Å². The molecule has 5 atom stereocenters. The predicted molar refractivity (Wildman–Crippen MR) is 114 cm³/mol. The van der Waals surface area contributed by atoms with Crippen molar-refractivity contribution in [2.24, 2.45) is 35.0 Å². The molecule has 154 valence electrons. The minimum absolute atomic E-state index is 0.360. The van der Waals surface area contributed by atoms with Crippen molar-refractivity contribution in [1.29, 1.82) is 0 Å². The van der Waals surface area contributed by atoms with Crippen LogP contribution in [0.15, 0.2) is 35.5 Å². The third-order valence-corrected chi connectivity index (χ3v) is 10.4. The summed E-state index contributed by atoms with van der Waals surface area (Å²) >= 11 is 0. The molecule has 29 heavy (non-hydrogen) atoms. The van der Waals surface area contributed by atoms with Gasteiger partial charge in [0.2, 0.25) is 0 Å². The van der Waals surface area contributed by atoms with Crippen LogP contribution in [0.4, 0.5) is 0 Å². The molecule has 0 aromatic rings. The van der Waals surface area contributed by atoms with Gasteiger partial charge in [-0.05, 0) is 111 Å². The number of hydrogen-bond acceptors (Lipinski definition) is 2. The Balaban J connectivity index is 1.22. The molecule has 1 saturated heterocycles. The summed E-state index contributed by atoms with van der Waals surface area (Å²) in [7, 11) is 0. The third kappa shape index (κ3) is 2.01. The van der Waals surface area contributed by atoms with Crippen LogP contribution in [0.2, 0.25) is 0 Å². The van der Waals surface area contributed by atoms with Crippen molar-refractivity contribution in [3.63, 3.8) is 0 Å². The molecule has 7 aliphatic rings. The maximum absolute atomic E-state index is 13.4. The van der Waals surface area contributed by atoms with Gasteiger partial charge in [0.05, 0.1) is 6.04 Å². The van der Waals surface area contributed by atoms with Crippen LogP contribution in [0.5, 0.6) is 0 Å². The minimum Gasteiger partial charge on any atom is -0.271 e. The van der Waals surface area contributed by atoms with Crippen LogP contribution < -0.4 is 0 Å². The van der Waals surface area contributed by atoms with Gasteiger partial charge in [0.25, 0.3) is 5.91 Å². The van der Waals surface area contributed by atoms with Crippen molar-refractivity contribution in [3.8, 4) is 0 Å². The molecular formula is C26H34N2O. The summed E-state index contributed by atoms with van der Waals surface area (Å²) in [5, 5.41) is 4.75. The summed E-state index contributed by atoms with van der Waals surface area (Å²) in [4.78, 5) is 13.4. The van der Waals surface area contributed by atoms with E-state index in [2.05, 4.69) is 48.2 Å². The number of rotatable bonds is 3. The summed E-state index contributed by atoms with van der Waals surface area (Å²) in [6, 6.07) is 0.481. The molecule has 3 bridgehead atoms. The number of carbonyl (C=O) groups excluding carboxylic acids is 1. The highest BCUT2D eigenvalue weighted by Gasteiger charge is 2.72. The van der Waals surface area contributed by atoms with Crippen molar-refractivity contribution in [1.82, 2.24) is 10.0 Å². The average Bonchev–Trinajstić information content (AvgIpc) is 3.10. The lowest BCUT2D eigenvalue weighted by Crippen LogP contribution is -2.78. The van der Waals surface area contributed by atoms with E-state index in [4.69, 9.17) is 0 Å². The summed E-state index contributed by atoms with van der Waals surface area (Å²) in [5.41, 5.74) is 3.35. The molecule has 4 saturated carbocycles. The first-order valence-corrected chi connectivity index (χ1v) is 12.2. The van der Waals surface area contributed by atoms with Gasteiger partial charge in [-0.15, -0.1) is 0 Å². The number of hydrogen-bond donors (Lipinski definition) is 0. The standard InChI is InChI=1S/C26H34N2O/c1-25(2)24(29)28(23-18-10-20-12-21-11-19(23)14-26(20,21)13-18)27(25)15-17-8-5-7-16-6-3-4-9-22(16)17/h4-5,8-9,16,18-21,23H,3,6-7,10-15H2,1-2H3. The van der Waals surface area contributed by atoms with Gasteiger partial charge in [-0.2, -0.15) is 5.01 Å². The van der Waals surface area contributed by atoms with Crippen LogP contribution >= 0.6 is 0 Å². The average molecular weight is 391 g/mol. The Bertz CT molecular complexity index is 855. The second-order valence-electron chi connectivity index (χ2n) is 11.8. The number of nitrogens with zero attached hydrogens (tertiary/aromatic N) is 2. The van der Waals surface area contributed by atoms with E-state index >= 15 is 0 Å². The van der Waals surface area contributed by atoms with Gasteiger partial charge < -0.3 is 0 Å². The van der Waals surface area contributed by atoms with Crippen LogP contribution in [0.1, 0.15) is 65.2 Å². The normalized spacial score (nSPS) is 48.6. The Kier molecular flexibility index (Phi) is 3.27. The second-order valence-corrected chi connectivity index (χ2v) is 11.8. The zero-order valence-electron chi connectivity index (χ0n) is 17.9. The van der Waals surface area contributed by atoms with E-state index in [-0.39, 0.29) is 5.54 Å². The lowest BCUT2D eigenvalue weighted by atomic mass is 9.56. The Morgan fingerprint density at radius 2 is 1.79 bits per heavy atom. The SMILES string of the molecule is CC1(C)C(=O)N(C2C3CC4CC5CC2CC45C3)N1CC1=C2C=CCCC2CC=C1. The molecule has 7 rings (SSSR count). The Morgan fingerprint density at radius 1 is 1.03 bits per heavy atom. The van der Waals surface area contributed by atoms with Gasteiger partial charge in [0, 0.05) is 6.54 Å². The molecule has 1 spiro atoms. The fourth-order valence-electron chi connectivity index (χ4n) is 9.06. The topological polar surface area (TPSA) is 23.6 Å². The van der Waals surface area contributed by atoms with Crippen LogP contribution in [0.3, 0.4) is 0 Å². The highest BCUT2D eigenvalue weighted by Crippen LogP contribution is 2.76. The molecule has 6 aliphatic carbocycles. The van der Waals surface area contributed by atoms with Gasteiger partial charge in [-0.25, -0.2) is 0 Å². The molecule has 0 aromatic heterocycles. The van der Waals surface area contributed by atoms with Crippen molar-refractivity contribution in [2.45, 2.75) is 76.8 Å². The van der Waals surface area contributed by atoms with Crippen molar-refractivity contribution >= 4 is 5.91 Å². The Hall–Kier alpha value is -1.35. The van der Waals surface area contributed by atoms with Gasteiger partial charge in [-0.1, -0.05) is 24.3 Å². The molecule has 3 heteroatoms. The van der Waals surface area contributed by atoms with Crippen LogP contribution in [0, 0.1) is 35.0 Å². The van der Waals surface area contributed by atoms with Gasteiger partial charge in [-0.3, -0.25) is 9.80 Å². The number of hydrazine groups is 1. The van der Waals surface area contributed by atoms with Crippen LogP contribution in [-0.2, 0) is 4.79 Å². The fourth-order valence-corrected chi connectivity index (χ4v) is 9.06. The Morgan fingerprint density at radius 3 is 2.55 bits per heavy atom. The first kappa shape index (κ1) is 17.3. The molecule has 1 amide bonds. The maximum atomic E-state index is 13.4. The molecule has 1 heterocycles. The monoisotopic (exact) mass is 390 g/mol. The molecule has 3 nitrogen and oxygen atoms in total. The summed E-state index contributed by atoms with van der Waals surface area (Å²) in [5.74, 6) is 4.57. The summed E-state index contributed by atoms with van der Waals surface area (Å²) in [6.07, 6.45) is 20.3. The molecular weight excluding hydrogens is 356 g/mol. The van der Waals surface area contributed by atoms with Crippen LogP contribution in [-0.4, -0.2) is 34.1 Å². The van der Waals surface area contributed by atoms with Gasteiger partial charge in [0.1, 0.15) is 5.54 Å². The smallest absolute Gasteiger partial charge is 0.258 e.